The van der Waals surface area contributed by atoms with E-state index in [-0.39, 0.29) is 43.6 Å². The number of ether oxygens (including phenoxy) is 5. The molecule has 0 saturated carbocycles. The molecule has 40 heavy (non-hydrogen) atoms. The van der Waals surface area contributed by atoms with E-state index in [1.165, 1.54) is 12.1 Å². The number of hydrogen-bond acceptors (Lipinski definition) is 14. The van der Waals surface area contributed by atoms with Gasteiger partial charge in [0.25, 0.3) is 20.2 Å². The fourth-order valence-electron chi connectivity index (χ4n) is 3.15. The van der Waals surface area contributed by atoms with Crippen LogP contribution in [0.25, 0.3) is 0 Å². The Hall–Kier alpha value is -1.92. The molecular formula is C24H42N2O12S2. The SMILES string of the molecule is CCOC(=O)CCCN(CCOCCOCCOC)CCOc1cc(COS(C)(=O)=O)nc(COS(C)(=O)=O)c1. The maximum Gasteiger partial charge on any atom is 0.305 e. The Morgan fingerprint density at radius 3 is 1.93 bits per heavy atom. The first-order valence-electron chi connectivity index (χ1n) is 12.8. The minimum absolute atomic E-state index is 0.224. The van der Waals surface area contributed by atoms with Crippen LogP contribution in [0.3, 0.4) is 0 Å². The van der Waals surface area contributed by atoms with Crippen molar-refractivity contribution in [3.63, 3.8) is 0 Å². The molecule has 0 aliphatic heterocycles. The molecule has 0 radical (unpaired) electrons. The predicted molar refractivity (Wildman–Crippen MR) is 145 cm³/mol. The molecule has 0 aliphatic carbocycles. The summed E-state index contributed by atoms with van der Waals surface area (Å²) in [6.45, 7) is 5.65. The van der Waals surface area contributed by atoms with Gasteiger partial charge in [-0.15, -0.1) is 0 Å². The van der Waals surface area contributed by atoms with Gasteiger partial charge in [0.05, 0.1) is 63.5 Å². The lowest BCUT2D eigenvalue weighted by atomic mass is 10.3. The van der Waals surface area contributed by atoms with Crippen LogP contribution in [0, 0.1) is 0 Å². The second-order valence-corrected chi connectivity index (χ2v) is 11.8. The number of carbonyl (C=O) groups excluding carboxylic acids is 1. The Balaban J connectivity index is 2.74. The van der Waals surface area contributed by atoms with Crippen LogP contribution in [0.4, 0.5) is 0 Å². The Morgan fingerprint density at radius 1 is 0.825 bits per heavy atom. The van der Waals surface area contributed by atoms with E-state index in [4.69, 9.17) is 32.1 Å². The van der Waals surface area contributed by atoms with Crippen molar-refractivity contribution in [1.82, 2.24) is 9.88 Å². The highest BCUT2D eigenvalue weighted by atomic mass is 32.2. The predicted octanol–water partition coefficient (Wildman–Crippen LogP) is 0.738. The number of hydrogen-bond donors (Lipinski definition) is 0. The molecule has 0 aromatic carbocycles. The first-order chi connectivity index (χ1) is 18.9. The average Bonchev–Trinajstić information content (AvgIpc) is 2.87. The van der Waals surface area contributed by atoms with E-state index < -0.39 is 20.2 Å². The monoisotopic (exact) mass is 614 g/mol. The minimum atomic E-state index is -3.72. The summed E-state index contributed by atoms with van der Waals surface area (Å²) in [6.07, 6.45) is 2.71. The van der Waals surface area contributed by atoms with E-state index in [1.54, 1.807) is 14.0 Å². The van der Waals surface area contributed by atoms with Crippen LogP contribution >= 0.6 is 0 Å². The second-order valence-electron chi connectivity index (χ2n) is 8.53. The number of aromatic nitrogens is 1. The summed E-state index contributed by atoms with van der Waals surface area (Å²) in [7, 11) is -5.84. The van der Waals surface area contributed by atoms with E-state index in [0.717, 1.165) is 12.5 Å². The van der Waals surface area contributed by atoms with E-state index >= 15 is 0 Å². The number of methoxy groups -OCH3 is 1. The van der Waals surface area contributed by atoms with Crippen molar-refractivity contribution in [2.45, 2.75) is 33.0 Å². The number of pyridine rings is 1. The summed E-state index contributed by atoms with van der Waals surface area (Å²) < 4.78 is 82.0. The molecule has 0 amide bonds. The van der Waals surface area contributed by atoms with Crippen LogP contribution in [-0.4, -0.2) is 118 Å². The van der Waals surface area contributed by atoms with E-state index in [1.807, 2.05) is 0 Å². The van der Waals surface area contributed by atoms with Gasteiger partial charge in [-0.1, -0.05) is 0 Å². The molecule has 1 heterocycles. The zero-order valence-corrected chi connectivity index (χ0v) is 25.3. The van der Waals surface area contributed by atoms with Gasteiger partial charge in [0, 0.05) is 38.8 Å². The van der Waals surface area contributed by atoms with Gasteiger partial charge in [-0.05, 0) is 19.9 Å². The first kappa shape index (κ1) is 36.1. The normalized spacial score (nSPS) is 12.1. The van der Waals surface area contributed by atoms with Gasteiger partial charge in [-0.25, -0.2) is 0 Å². The molecule has 0 N–H and O–H groups in total. The lowest BCUT2D eigenvalue weighted by Crippen LogP contribution is -2.33. The van der Waals surface area contributed by atoms with Crippen LogP contribution in [0.2, 0.25) is 0 Å². The van der Waals surface area contributed by atoms with Crippen molar-refractivity contribution in [2.24, 2.45) is 0 Å². The van der Waals surface area contributed by atoms with Crippen molar-refractivity contribution >= 4 is 26.2 Å². The van der Waals surface area contributed by atoms with Crippen molar-refractivity contribution in [1.29, 1.82) is 0 Å². The molecule has 16 heteroatoms. The molecule has 1 aromatic heterocycles. The van der Waals surface area contributed by atoms with Crippen molar-refractivity contribution in [3.8, 4) is 5.75 Å². The topological polar surface area (TPSA) is 166 Å². The van der Waals surface area contributed by atoms with Crippen molar-refractivity contribution in [3.05, 3.63) is 23.5 Å². The van der Waals surface area contributed by atoms with Crippen LogP contribution in [-0.2, 0) is 65.6 Å². The summed E-state index contributed by atoms with van der Waals surface area (Å²) in [5.74, 6) is 0.0813. The zero-order valence-electron chi connectivity index (χ0n) is 23.7. The van der Waals surface area contributed by atoms with Crippen LogP contribution in [0.15, 0.2) is 12.1 Å². The molecular weight excluding hydrogens is 572 g/mol. The van der Waals surface area contributed by atoms with E-state index in [9.17, 15) is 21.6 Å². The minimum Gasteiger partial charge on any atom is -0.492 e. The summed E-state index contributed by atoms with van der Waals surface area (Å²) in [5.41, 5.74) is 0.449. The number of esters is 1. The van der Waals surface area contributed by atoms with Gasteiger partial charge >= 0.3 is 5.97 Å². The third-order valence-corrected chi connectivity index (χ3v) is 6.03. The molecule has 0 atom stereocenters. The molecule has 0 saturated heterocycles. The quantitative estimate of drug-likeness (QED) is 0.0908. The maximum atomic E-state index is 11.7. The molecule has 0 fully saturated rings. The Kier molecular flexibility index (Phi) is 18.1. The first-order valence-corrected chi connectivity index (χ1v) is 16.4. The third-order valence-electron chi connectivity index (χ3n) is 4.94. The Bertz CT molecular complexity index is 1010. The number of rotatable bonds is 24. The van der Waals surface area contributed by atoms with Gasteiger partial charge in [0.15, 0.2) is 0 Å². The largest absolute Gasteiger partial charge is 0.492 e. The summed E-state index contributed by atoms with van der Waals surface area (Å²) >= 11 is 0. The molecule has 1 rings (SSSR count). The Labute approximate surface area is 237 Å². The van der Waals surface area contributed by atoms with Gasteiger partial charge in [-0.3, -0.25) is 23.0 Å². The maximum absolute atomic E-state index is 11.7. The lowest BCUT2D eigenvalue weighted by Gasteiger charge is -2.22. The fourth-order valence-corrected chi connectivity index (χ4v) is 3.82. The zero-order chi connectivity index (χ0) is 29.9. The number of carbonyl (C=O) groups is 1. The fraction of sp³-hybridized carbons (Fsp3) is 0.750. The highest BCUT2D eigenvalue weighted by molar-refractivity contribution is 7.86. The molecule has 0 unspecified atom stereocenters. The van der Waals surface area contributed by atoms with Crippen LogP contribution in [0.1, 0.15) is 31.2 Å². The summed E-state index contributed by atoms with van der Waals surface area (Å²) in [5, 5.41) is 0. The standard InChI is InChI=1S/C24H42N2O12S2/c1-5-35-24(27)7-6-8-26(9-11-33-15-16-34-14-13-32-2)10-12-36-23-17-21(19-37-39(3,28)29)25-22(18-23)20-38-40(4,30)31/h17-18H,5-16,19-20H2,1-4H3. The van der Waals surface area contributed by atoms with Crippen LogP contribution in [0.5, 0.6) is 5.75 Å². The third kappa shape index (κ3) is 20.0. The highest BCUT2D eigenvalue weighted by Gasteiger charge is 2.12. The highest BCUT2D eigenvalue weighted by Crippen LogP contribution is 2.17. The van der Waals surface area contributed by atoms with Gasteiger partial charge in [0.1, 0.15) is 25.6 Å². The smallest absolute Gasteiger partial charge is 0.305 e. The summed E-state index contributed by atoms with van der Waals surface area (Å²) in [6, 6.07) is 3.01. The van der Waals surface area contributed by atoms with Gasteiger partial charge in [0.2, 0.25) is 0 Å². The Morgan fingerprint density at radius 2 is 1.38 bits per heavy atom. The molecule has 0 aliphatic rings. The van der Waals surface area contributed by atoms with E-state index in [2.05, 4.69) is 9.88 Å². The van der Waals surface area contributed by atoms with E-state index in [0.29, 0.717) is 71.4 Å². The van der Waals surface area contributed by atoms with Crippen LogP contribution < -0.4 is 4.74 Å². The lowest BCUT2D eigenvalue weighted by molar-refractivity contribution is -0.143. The second kappa shape index (κ2) is 20.0. The molecule has 0 bridgehead atoms. The van der Waals surface area contributed by atoms with Crippen molar-refractivity contribution < 1.29 is 53.7 Å². The van der Waals surface area contributed by atoms with Crippen molar-refractivity contribution in [2.75, 3.05) is 85.5 Å². The molecule has 14 nitrogen and oxygen atoms in total. The molecule has 232 valence electrons. The molecule has 0 spiro atoms. The molecule has 1 aromatic rings. The van der Waals surface area contributed by atoms with Gasteiger partial charge < -0.3 is 23.7 Å². The average molecular weight is 615 g/mol. The summed E-state index contributed by atoms with van der Waals surface area (Å²) in [4.78, 5) is 18.0. The number of nitrogens with zero attached hydrogens (tertiary/aromatic N) is 2. The van der Waals surface area contributed by atoms with Gasteiger partial charge in [-0.2, -0.15) is 16.8 Å².